The van der Waals surface area contributed by atoms with Crippen LogP contribution in [-0.2, 0) is 4.74 Å². The Morgan fingerprint density at radius 1 is 1.23 bits per heavy atom. The van der Waals surface area contributed by atoms with Gasteiger partial charge in [-0.05, 0) is 49.8 Å². The molecule has 0 spiro atoms. The molecule has 0 radical (unpaired) electrons. The monoisotopic (exact) mass is 302 g/mol. The van der Waals surface area contributed by atoms with E-state index in [0.717, 1.165) is 19.4 Å². The third kappa shape index (κ3) is 2.93. The van der Waals surface area contributed by atoms with Gasteiger partial charge in [0.1, 0.15) is 0 Å². The van der Waals surface area contributed by atoms with Crippen molar-refractivity contribution in [3.8, 4) is 0 Å². The second kappa shape index (κ2) is 6.38. The van der Waals surface area contributed by atoms with Crippen molar-refractivity contribution in [1.29, 1.82) is 0 Å². The molecular formula is C17H22N2O3. The number of benzene rings is 1. The molecule has 1 saturated carbocycles. The van der Waals surface area contributed by atoms with Crippen molar-refractivity contribution in [2.45, 2.75) is 38.1 Å². The average Bonchev–Trinajstić information content (AvgIpc) is 2.94. The van der Waals surface area contributed by atoms with Crippen LogP contribution in [0.5, 0.6) is 0 Å². The molecule has 1 aromatic rings. The van der Waals surface area contributed by atoms with Gasteiger partial charge in [-0.3, -0.25) is 10.1 Å². The summed E-state index contributed by atoms with van der Waals surface area (Å²) < 4.78 is 4.58. The third-order valence-electron chi connectivity index (χ3n) is 4.80. The molecular weight excluding hydrogens is 280 g/mol. The van der Waals surface area contributed by atoms with Crippen LogP contribution in [-0.4, -0.2) is 36.6 Å². The fourth-order valence-electron chi connectivity index (χ4n) is 3.42. The van der Waals surface area contributed by atoms with Gasteiger partial charge >= 0.3 is 6.09 Å². The van der Waals surface area contributed by atoms with Crippen LogP contribution in [0.2, 0.25) is 0 Å². The van der Waals surface area contributed by atoms with Gasteiger partial charge in [0.05, 0.1) is 7.11 Å². The zero-order valence-corrected chi connectivity index (χ0v) is 12.9. The predicted molar refractivity (Wildman–Crippen MR) is 83.9 cm³/mol. The minimum atomic E-state index is -0.530. The molecule has 0 unspecified atom stereocenters. The Balaban J connectivity index is 1.73. The first-order valence-corrected chi connectivity index (χ1v) is 7.95. The zero-order chi connectivity index (χ0) is 15.5. The van der Waals surface area contributed by atoms with E-state index < -0.39 is 6.09 Å². The third-order valence-corrected chi connectivity index (χ3v) is 4.80. The Labute approximate surface area is 130 Å². The summed E-state index contributed by atoms with van der Waals surface area (Å²) in [7, 11) is 1.32. The highest BCUT2D eigenvalue weighted by molar-refractivity contribution is 5.96. The summed E-state index contributed by atoms with van der Waals surface area (Å²) in [6, 6.07) is 7.46. The van der Waals surface area contributed by atoms with Crippen LogP contribution in [0.25, 0.3) is 0 Å². The minimum absolute atomic E-state index is 0.0721. The number of methoxy groups -OCH3 is 1. The number of hydrogen-bond acceptors (Lipinski definition) is 3. The summed E-state index contributed by atoms with van der Waals surface area (Å²) in [5, 5.41) is 2.60. The van der Waals surface area contributed by atoms with Crippen molar-refractivity contribution in [3.63, 3.8) is 0 Å². The number of hydrogen-bond donors (Lipinski definition) is 1. The number of likely N-dealkylation sites (tertiary alicyclic amines) is 1. The molecule has 2 amide bonds. The molecule has 118 valence electrons. The van der Waals surface area contributed by atoms with Crippen LogP contribution in [0.15, 0.2) is 24.3 Å². The molecule has 1 aliphatic carbocycles. The Hall–Kier alpha value is -2.04. The van der Waals surface area contributed by atoms with Gasteiger partial charge in [0, 0.05) is 23.8 Å². The molecule has 1 aliphatic heterocycles. The molecule has 5 heteroatoms. The molecule has 2 fully saturated rings. The largest absolute Gasteiger partial charge is 0.453 e. The van der Waals surface area contributed by atoms with Crippen molar-refractivity contribution in [2.24, 2.45) is 5.92 Å². The highest BCUT2D eigenvalue weighted by atomic mass is 16.5. The van der Waals surface area contributed by atoms with Gasteiger partial charge in [-0.25, -0.2) is 4.79 Å². The summed E-state index contributed by atoms with van der Waals surface area (Å²) in [4.78, 5) is 26.1. The van der Waals surface area contributed by atoms with E-state index in [-0.39, 0.29) is 5.91 Å². The Kier molecular flexibility index (Phi) is 4.32. The molecule has 0 aromatic heterocycles. The second-order valence-electron chi connectivity index (χ2n) is 6.10. The Morgan fingerprint density at radius 2 is 2.05 bits per heavy atom. The lowest BCUT2D eigenvalue weighted by Crippen LogP contribution is -2.42. The first-order chi connectivity index (χ1) is 10.7. The van der Waals surface area contributed by atoms with Crippen molar-refractivity contribution in [3.05, 3.63) is 29.8 Å². The van der Waals surface area contributed by atoms with E-state index in [1.54, 1.807) is 24.3 Å². The molecule has 1 N–H and O–H groups in total. The van der Waals surface area contributed by atoms with Crippen LogP contribution in [0.4, 0.5) is 10.5 Å². The maximum atomic E-state index is 12.8. The average molecular weight is 302 g/mol. The second-order valence-corrected chi connectivity index (χ2v) is 6.10. The van der Waals surface area contributed by atoms with Crippen LogP contribution >= 0.6 is 0 Å². The number of amides is 2. The van der Waals surface area contributed by atoms with E-state index in [1.807, 2.05) is 4.90 Å². The summed E-state index contributed by atoms with van der Waals surface area (Å²) >= 11 is 0. The SMILES string of the molecule is COC(=O)Nc1cccc(C(=O)N2CCC[C@H]2C2CCC2)c1. The Morgan fingerprint density at radius 3 is 2.73 bits per heavy atom. The lowest BCUT2D eigenvalue weighted by Gasteiger charge is -2.37. The molecule has 2 aliphatic rings. The molecule has 1 saturated heterocycles. The van der Waals surface area contributed by atoms with E-state index in [1.165, 1.54) is 26.4 Å². The number of rotatable bonds is 3. The van der Waals surface area contributed by atoms with Gasteiger partial charge < -0.3 is 9.64 Å². The van der Waals surface area contributed by atoms with Gasteiger partial charge in [0.25, 0.3) is 5.91 Å². The van der Waals surface area contributed by atoms with Gasteiger partial charge in [0.15, 0.2) is 0 Å². The highest BCUT2D eigenvalue weighted by Gasteiger charge is 2.37. The van der Waals surface area contributed by atoms with E-state index in [9.17, 15) is 9.59 Å². The molecule has 22 heavy (non-hydrogen) atoms. The van der Waals surface area contributed by atoms with E-state index in [2.05, 4.69) is 10.1 Å². The number of anilines is 1. The molecule has 0 bridgehead atoms. The van der Waals surface area contributed by atoms with Crippen molar-refractivity contribution in [1.82, 2.24) is 4.90 Å². The Bertz CT molecular complexity index is 569. The molecule has 1 atom stereocenters. The van der Waals surface area contributed by atoms with Gasteiger partial charge in [-0.1, -0.05) is 12.5 Å². The maximum absolute atomic E-state index is 12.8. The van der Waals surface area contributed by atoms with Crippen LogP contribution in [0, 0.1) is 5.92 Å². The van der Waals surface area contributed by atoms with Gasteiger partial charge in [0.2, 0.25) is 0 Å². The first kappa shape index (κ1) is 14.9. The number of nitrogens with zero attached hydrogens (tertiary/aromatic N) is 1. The summed E-state index contributed by atoms with van der Waals surface area (Å²) in [5.74, 6) is 0.755. The van der Waals surface area contributed by atoms with Crippen molar-refractivity contribution >= 4 is 17.7 Å². The van der Waals surface area contributed by atoms with Crippen LogP contribution < -0.4 is 5.32 Å². The number of carbonyl (C=O) groups is 2. The summed E-state index contributed by atoms with van der Waals surface area (Å²) in [6.07, 6.45) is 5.47. The maximum Gasteiger partial charge on any atom is 0.411 e. The predicted octanol–water partition coefficient (Wildman–Crippen LogP) is 3.27. The molecule has 1 heterocycles. The topological polar surface area (TPSA) is 58.6 Å². The normalized spacial score (nSPS) is 21.3. The summed E-state index contributed by atoms with van der Waals surface area (Å²) in [6.45, 7) is 0.842. The van der Waals surface area contributed by atoms with E-state index in [0.29, 0.717) is 23.2 Å². The van der Waals surface area contributed by atoms with E-state index in [4.69, 9.17) is 0 Å². The lowest BCUT2D eigenvalue weighted by atomic mass is 9.78. The quantitative estimate of drug-likeness (QED) is 0.932. The van der Waals surface area contributed by atoms with Crippen molar-refractivity contribution < 1.29 is 14.3 Å². The van der Waals surface area contributed by atoms with Crippen molar-refractivity contribution in [2.75, 3.05) is 19.0 Å². The lowest BCUT2D eigenvalue weighted by molar-refractivity contribution is 0.0626. The molecule has 1 aromatic carbocycles. The molecule has 5 nitrogen and oxygen atoms in total. The highest BCUT2D eigenvalue weighted by Crippen LogP contribution is 2.37. The number of nitrogens with one attached hydrogen (secondary N) is 1. The van der Waals surface area contributed by atoms with Crippen LogP contribution in [0.1, 0.15) is 42.5 Å². The smallest absolute Gasteiger partial charge is 0.411 e. The fraction of sp³-hybridized carbons (Fsp3) is 0.529. The van der Waals surface area contributed by atoms with Gasteiger partial charge in [-0.15, -0.1) is 0 Å². The number of ether oxygens (including phenoxy) is 1. The standard InChI is InChI=1S/C17H22N2O3/c1-22-17(21)18-14-8-3-7-13(11-14)16(20)19-10-4-9-15(19)12-5-2-6-12/h3,7-8,11-12,15H,2,4-6,9-10H2,1H3,(H,18,21)/t15-/m0/s1. The van der Waals surface area contributed by atoms with E-state index >= 15 is 0 Å². The molecule has 3 rings (SSSR count). The zero-order valence-electron chi connectivity index (χ0n) is 12.9. The summed E-state index contributed by atoms with van der Waals surface area (Å²) in [5.41, 5.74) is 1.21. The minimum Gasteiger partial charge on any atom is -0.453 e. The number of carbonyl (C=O) groups excluding carboxylic acids is 2. The van der Waals surface area contributed by atoms with Gasteiger partial charge in [-0.2, -0.15) is 0 Å². The van der Waals surface area contributed by atoms with Crippen LogP contribution in [0.3, 0.4) is 0 Å². The fourth-order valence-corrected chi connectivity index (χ4v) is 3.42. The first-order valence-electron chi connectivity index (χ1n) is 7.95.